The van der Waals surface area contributed by atoms with E-state index < -0.39 is 0 Å². The van der Waals surface area contributed by atoms with E-state index in [-0.39, 0.29) is 5.82 Å². The Morgan fingerprint density at radius 1 is 1.25 bits per heavy atom. The van der Waals surface area contributed by atoms with Crippen LogP contribution in [0.4, 0.5) is 10.2 Å². The van der Waals surface area contributed by atoms with Crippen LogP contribution in [-0.4, -0.2) is 4.98 Å². The van der Waals surface area contributed by atoms with E-state index in [1.807, 2.05) is 12.1 Å². The van der Waals surface area contributed by atoms with Gasteiger partial charge in [-0.25, -0.2) is 9.37 Å². The Hall–Kier alpha value is -1.61. The van der Waals surface area contributed by atoms with Gasteiger partial charge in [0.25, 0.3) is 0 Å². The molecule has 1 heterocycles. The molecular formula is C12H10ClFN2. The minimum atomic E-state index is -0.276. The lowest BCUT2D eigenvalue weighted by Crippen LogP contribution is -1.96. The van der Waals surface area contributed by atoms with Crippen LogP contribution < -0.4 is 5.73 Å². The van der Waals surface area contributed by atoms with Gasteiger partial charge in [0, 0.05) is 17.3 Å². The summed E-state index contributed by atoms with van der Waals surface area (Å²) in [6.07, 6.45) is 1.61. The molecule has 2 N–H and O–H groups in total. The molecule has 0 aliphatic heterocycles. The zero-order valence-corrected chi connectivity index (χ0v) is 9.21. The quantitative estimate of drug-likeness (QED) is 0.814. The summed E-state index contributed by atoms with van der Waals surface area (Å²) in [4.78, 5) is 4.03. The molecule has 0 aliphatic rings. The van der Waals surface area contributed by atoms with Crippen LogP contribution in [0.2, 0.25) is 0 Å². The van der Waals surface area contributed by atoms with Crippen LogP contribution in [0, 0.1) is 5.82 Å². The van der Waals surface area contributed by atoms with Crippen molar-refractivity contribution >= 4 is 17.4 Å². The molecule has 16 heavy (non-hydrogen) atoms. The van der Waals surface area contributed by atoms with Gasteiger partial charge in [0.1, 0.15) is 11.6 Å². The number of hydrogen-bond donors (Lipinski definition) is 1. The Morgan fingerprint density at radius 3 is 2.75 bits per heavy atom. The number of rotatable bonds is 2. The third kappa shape index (κ3) is 2.14. The number of benzene rings is 1. The standard InChI is InChI=1S/C12H10ClFN2/c13-6-9-4-10(7-16-12(9)15)8-2-1-3-11(14)5-8/h1-5,7H,6H2,(H2,15,16). The first-order valence-corrected chi connectivity index (χ1v) is 5.30. The van der Waals surface area contributed by atoms with Crippen molar-refractivity contribution in [3.63, 3.8) is 0 Å². The summed E-state index contributed by atoms with van der Waals surface area (Å²) in [6.45, 7) is 0. The molecule has 4 heteroatoms. The lowest BCUT2D eigenvalue weighted by Gasteiger charge is -2.05. The van der Waals surface area contributed by atoms with Gasteiger partial charge in [-0.1, -0.05) is 12.1 Å². The molecule has 0 saturated heterocycles. The molecule has 0 amide bonds. The maximum atomic E-state index is 13.0. The second-order valence-corrected chi connectivity index (χ2v) is 3.68. The zero-order chi connectivity index (χ0) is 11.5. The molecule has 0 saturated carbocycles. The van der Waals surface area contributed by atoms with Crippen molar-refractivity contribution in [2.24, 2.45) is 0 Å². The number of nitrogens with zero attached hydrogens (tertiary/aromatic N) is 1. The summed E-state index contributed by atoms with van der Waals surface area (Å²) < 4.78 is 13.0. The Morgan fingerprint density at radius 2 is 2.06 bits per heavy atom. The third-order valence-electron chi connectivity index (χ3n) is 2.30. The first kappa shape index (κ1) is 10.9. The fraction of sp³-hybridized carbons (Fsp3) is 0.0833. The maximum absolute atomic E-state index is 13.0. The lowest BCUT2D eigenvalue weighted by atomic mass is 10.1. The van der Waals surface area contributed by atoms with Crippen LogP contribution >= 0.6 is 11.6 Å². The molecule has 2 aromatic rings. The molecule has 0 spiro atoms. The fourth-order valence-corrected chi connectivity index (χ4v) is 1.67. The normalized spacial score (nSPS) is 10.4. The lowest BCUT2D eigenvalue weighted by molar-refractivity contribution is 0.628. The summed E-state index contributed by atoms with van der Waals surface area (Å²) in [5, 5.41) is 0. The van der Waals surface area contributed by atoms with E-state index in [1.54, 1.807) is 12.3 Å². The summed E-state index contributed by atoms with van der Waals surface area (Å²) >= 11 is 5.73. The largest absolute Gasteiger partial charge is 0.383 e. The van der Waals surface area contributed by atoms with E-state index in [4.69, 9.17) is 17.3 Å². The van der Waals surface area contributed by atoms with Crippen LogP contribution in [-0.2, 0) is 5.88 Å². The van der Waals surface area contributed by atoms with Crippen molar-refractivity contribution in [1.29, 1.82) is 0 Å². The van der Waals surface area contributed by atoms with Gasteiger partial charge in [0.2, 0.25) is 0 Å². The van der Waals surface area contributed by atoms with Crippen molar-refractivity contribution in [2.45, 2.75) is 5.88 Å². The number of hydrogen-bond acceptors (Lipinski definition) is 2. The maximum Gasteiger partial charge on any atom is 0.127 e. The number of anilines is 1. The molecule has 0 atom stereocenters. The van der Waals surface area contributed by atoms with Crippen LogP contribution in [0.25, 0.3) is 11.1 Å². The highest BCUT2D eigenvalue weighted by molar-refractivity contribution is 6.17. The molecule has 0 unspecified atom stereocenters. The summed E-state index contributed by atoms with van der Waals surface area (Å²) in [6, 6.07) is 8.14. The number of pyridine rings is 1. The highest BCUT2D eigenvalue weighted by Gasteiger charge is 2.04. The first-order chi connectivity index (χ1) is 7.70. The van der Waals surface area contributed by atoms with Gasteiger partial charge in [0.05, 0.1) is 5.88 Å². The number of halogens is 2. The average Bonchev–Trinajstić information content (AvgIpc) is 2.29. The Kier molecular flexibility index (Phi) is 3.06. The first-order valence-electron chi connectivity index (χ1n) is 4.77. The van der Waals surface area contributed by atoms with Crippen LogP contribution in [0.15, 0.2) is 36.5 Å². The van der Waals surface area contributed by atoms with E-state index in [0.29, 0.717) is 11.7 Å². The van der Waals surface area contributed by atoms with Gasteiger partial charge >= 0.3 is 0 Å². The van der Waals surface area contributed by atoms with Crippen molar-refractivity contribution in [2.75, 3.05) is 5.73 Å². The smallest absolute Gasteiger partial charge is 0.127 e. The van der Waals surface area contributed by atoms with Gasteiger partial charge < -0.3 is 5.73 Å². The minimum Gasteiger partial charge on any atom is -0.383 e. The molecule has 0 aliphatic carbocycles. The van der Waals surface area contributed by atoms with Crippen molar-refractivity contribution in [3.8, 4) is 11.1 Å². The fourth-order valence-electron chi connectivity index (χ4n) is 1.45. The van der Waals surface area contributed by atoms with Crippen LogP contribution in [0.5, 0.6) is 0 Å². The summed E-state index contributed by atoms with van der Waals surface area (Å²) in [7, 11) is 0. The Balaban J connectivity index is 2.48. The molecule has 0 fully saturated rings. The predicted octanol–water partition coefficient (Wildman–Crippen LogP) is 3.21. The topological polar surface area (TPSA) is 38.9 Å². The van der Waals surface area contributed by atoms with Gasteiger partial charge in [0.15, 0.2) is 0 Å². The van der Waals surface area contributed by atoms with Crippen molar-refractivity contribution in [3.05, 3.63) is 47.9 Å². The minimum absolute atomic E-state index is 0.276. The number of nitrogen functional groups attached to an aromatic ring is 1. The van der Waals surface area contributed by atoms with E-state index in [1.165, 1.54) is 12.1 Å². The van der Waals surface area contributed by atoms with Gasteiger partial charge in [-0.15, -0.1) is 11.6 Å². The van der Waals surface area contributed by atoms with E-state index in [0.717, 1.165) is 16.7 Å². The predicted molar refractivity (Wildman–Crippen MR) is 63.6 cm³/mol. The summed E-state index contributed by atoms with van der Waals surface area (Å²) in [5.74, 6) is 0.430. The van der Waals surface area contributed by atoms with Crippen molar-refractivity contribution in [1.82, 2.24) is 4.98 Å². The molecule has 1 aromatic carbocycles. The second-order valence-electron chi connectivity index (χ2n) is 3.41. The Labute approximate surface area is 97.9 Å². The number of aromatic nitrogens is 1. The molecular weight excluding hydrogens is 227 g/mol. The monoisotopic (exact) mass is 236 g/mol. The van der Waals surface area contributed by atoms with Gasteiger partial charge in [-0.3, -0.25) is 0 Å². The second kappa shape index (κ2) is 4.49. The average molecular weight is 237 g/mol. The highest BCUT2D eigenvalue weighted by atomic mass is 35.5. The molecule has 2 nitrogen and oxygen atoms in total. The summed E-state index contributed by atoms with van der Waals surface area (Å²) in [5.41, 5.74) is 7.96. The van der Waals surface area contributed by atoms with Gasteiger partial charge in [-0.05, 0) is 23.8 Å². The third-order valence-corrected chi connectivity index (χ3v) is 2.59. The number of alkyl halides is 1. The molecule has 1 aromatic heterocycles. The molecule has 82 valence electrons. The van der Waals surface area contributed by atoms with Crippen molar-refractivity contribution < 1.29 is 4.39 Å². The van der Waals surface area contributed by atoms with Crippen LogP contribution in [0.1, 0.15) is 5.56 Å². The van der Waals surface area contributed by atoms with E-state index in [9.17, 15) is 4.39 Å². The molecule has 0 bridgehead atoms. The van der Waals surface area contributed by atoms with Gasteiger partial charge in [-0.2, -0.15) is 0 Å². The SMILES string of the molecule is Nc1ncc(-c2cccc(F)c2)cc1CCl. The molecule has 2 rings (SSSR count). The zero-order valence-electron chi connectivity index (χ0n) is 8.45. The molecule has 0 radical (unpaired) electrons. The van der Waals surface area contributed by atoms with E-state index in [2.05, 4.69) is 4.98 Å². The highest BCUT2D eigenvalue weighted by Crippen LogP contribution is 2.23. The van der Waals surface area contributed by atoms with Crippen LogP contribution in [0.3, 0.4) is 0 Å². The number of nitrogens with two attached hydrogens (primary N) is 1. The Bertz CT molecular complexity index is 514. The van der Waals surface area contributed by atoms with E-state index >= 15 is 0 Å².